The molecule has 0 N–H and O–H groups in total. The number of hydrogen-bond donors (Lipinski definition) is 0. The number of esters is 1. The van der Waals surface area contributed by atoms with Gasteiger partial charge in [0.15, 0.2) is 5.43 Å². The molecule has 0 aromatic heterocycles. The zero-order valence-corrected chi connectivity index (χ0v) is 7.40. The van der Waals surface area contributed by atoms with Gasteiger partial charge in [0.2, 0.25) is 0 Å². The largest absolute Gasteiger partial charge is 0.457 e. The minimum Gasteiger partial charge on any atom is -0.457 e. The molecule has 0 bridgehead atoms. The number of rotatable bonds is 3. The molecule has 2 aromatic rings. The Morgan fingerprint density at radius 1 is 1.21 bits per heavy atom. The first-order valence-corrected chi connectivity index (χ1v) is 4.24. The van der Waals surface area contributed by atoms with Crippen LogP contribution in [0.15, 0.2) is 41.2 Å². The van der Waals surface area contributed by atoms with Crippen molar-refractivity contribution in [3.05, 3.63) is 57.7 Å². The first-order chi connectivity index (χ1) is 6.77. The zero-order valence-electron chi connectivity index (χ0n) is 7.40. The lowest BCUT2D eigenvalue weighted by Crippen LogP contribution is -2.03. The molecule has 0 radical (unpaired) electrons. The molecule has 0 saturated carbocycles. The monoisotopic (exact) mass is 188 g/mol. The minimum atomic E-state index is -0.529. The highest BCUT2D eigenvalue weighted by Gasteiger charge is 2.18. The van der Waals surface area contributed by atoms with Gasteiger partial charge in [-0.05, 0) is 5.56 Å². The molecule has 0 fully saturated rings. The Hall–Kier alpha value is -1.90. The van der Waals surface area contributed by atoms with Crippen molar-refractivity contribution in [1.29, 1.82) is 0 Å². The molecular formula is C11H8O3. The van der Waals surface area contributed by atoms with Gasteiger partial charge >= 0.3 is 5.97 Å². The van der Waals surface area contributed by atoms with Crippen molar-refractivity contribution in [3.8, 4) is 0 Å². The molecule has 70 valence electrons. The van der Waals surface area contributed by atoms with Gasteiger partial charge in [0, 0.05) is 6.07 Å². The smallest absolute Gasteiger partial charge is 0.342 e. The first kappa shape index (κ1) is 8.69. The molecule has 0 amide bonds. The highest BCUT2D eigenvalue weighted by Crippen LogP contribution is 2.04. The van der Waals surface area contributed by atoms with Crippen LogP contribution in [0, 0.1) is 0 Å². The van der Waals surface area contributed by atoms with Crippen LogP contribution in [-0.4, -0.2) is 5.97 Å². The Morgan fingerprint density at radius 3 is 2.43 bits per heavy atom. The summed E-state index contributed by atoms with van der Waals surface area (Å²) in [6.45, 7) is 0.213. The summed E-state index contributed by atoms with van der Waals surface area (Å²) in [6.07, 6.45) is 0. The van der Waals surface area contributed by atoms with E-state index in [-0.39, 0.29) is 17.6 Å². The molecule has 3 heteroatoms. The molecule has 14 heavy (non-hydrogen) atoms. The third kappa shape index (κ3) is 1.88. The number of carbonyl (C=O) groups excluding carboxylic acids is 1. The number of carbonyl (C=O) groups is 1. The highest BCUT2D eigenvalue weighted by molar-refractivity contribution is 5.92. The van der Waals surface area contributed by atoms with Crippen molar-refractivity contribution in [2.24, 2.45) is 0 Å². The van der Waals surface area contributed by atoms with Gasteiger partial charge in [-0.2, -0.15) is 0 Å². The average molecular weight is 188 g/mol. The molecule has 0 aliphatic rings. The van der Waals surface area contributed by atoms with Crippen LogP contribution in [0.3, 0.4) is 0 Å². The van der Waals surface area contributed by atoms with E-state index < -0.39 is 5.97 Å². The van der Waals surface area contributed by atoms with E-state index >= 15 is 0 Å². The van der Waals surface area contributed by atoms with E-state index in [1.807, 2.05) is 30.3 Å². The molecular weight excluding hydrogens is 180 g/mol. The van der Waals surface area contributed by atoms with Crippen LogP contribution in [0.2, 0.25) is 0 Å². The summed E-state index contributed by atoms with van der Waals surface area (Å²) in [5.74, 6) is -0.529. The SMILES string of the molecule is O=C(OCc1ccccc1)c1cc1=O. The third-order valence-electron chi connectivity index (χ3n) is 1.89. The Balaban J connectivity index is 1.90. The minimum absolute atomic E-state index is 0.168. The predicted molar refractivity (Wildman–Crippen MR) is 50.6 cm³/mol. The zero-order chi connectivity index (χ0) is 9.97. The van der Waals surface area contributed by atoms with Crippen LogP contribution in [0.1, 0.15) is 15.9 Å². The van der Waals surface area contributed by atoms with E-state index in [0.717, 1.165) is 5.56 Å². The fraction of sp³-hybridized carbons (Fsp3) is 0.0909. The second-order valence-corrected chi connectivity index (χ2v) is 2.98. The molecule has 0 atom stereocenters. The summed E-state index contributed by atoms with van der Waals surface area (Å²) < 4.78 is 4.89. The molecule has 0 aliphatic carbocycles. The summed E-state index contributed by atoms with van der Waals surface area (Å²) in [5.41, 5.74) is 0.860. The van der Waals surface area contributed by atoms with Gasteiger partial charge in [-0.15, -0.1) is 0 Å². The van der Waals surface area contributed by atoms with Crippen LogP contribution in [0.4, 0.5) is 0 Å². The molecule has 2 aromatic carbocycles. The lowest BCUT2D eigenvalue weighted by Gasteiger charge is -2.00. The molecule has 0 aliphatic heterocycles. The maximum atomic E-state index is 11.1. The Morgan fingerprint density at radius 2 is 1.86 bits per heavy atom. The fourth-order valence-electron chi connectivity index (χ4n) is 1.06. The molecule has 0 saturated heterocycles. The van der Waals surface area contributed by atoms with Gasteiger partial charge in [-0.25, -0.2) is 4.79 Å². The van der Waals surface area contributed by atoms with Gasteiger partial charge in [-0.3, -0.25) is 4.79 Å². The molecule has 0 heterocycles. The van der Waals surface area contributed by atoms with Crippen molar-refractivity contribution >= 4 is 5.97 Å². The van der Waals surface area contributed by atoms with E-state index in [4.69, 9.17) is 4.74 Å². The Bertz CT molecular complexity index is 449. The lowest BCUT2D eigenvalue weighted by molar-refractivity contribution is 0.0477. The molecule has 3 nitrogen and oxygen atoms in total. The maximum Gasteiger partial charge on any atom is 0.342 e. The topological polar surface area (TPSA) is 43.4 Å². The number of ether oxygens (including phenoxy) is 1. The number of hydrogen-bond acceptors (Lipinski definition) is 3. The molecule has 0 spiro atoms. The van der Waals surface area contributed by atoms with Gasteiger partial charge in [0.05, 0.1) is 0 Å². The van der Waals surface area contributed by atoms with Crippen molar-refractivity contribution in [3.63, 3.8) is 0 Å². The Kier molecular flexibility index (Phi) is 2.14. The fourth-order valence-corrected chi connectivity index (χ4v) is 1.06. The van der Waals surface area contributed by atoms with Crippen molar-refractivity contribution < 1.29 is 9.53 Å². The summed E-state index contributed by atoms with van der Waals surface area (Å²) in [5, 5.41) is 0. The van der Waals surface area contributed by atoms with Crippen LogP contribution in [0.5, 0.6) is 0 Å². The molecule has 0 unspecified atom stereocenters. The molecule has 2 rings (SSSR count). The lowest BCUT2D eigenvalue weighted by atomic mass is 10.2. The predicted octanol–water partition coefficient (Wildman–Crippen LogP) is 1.28. The van der Waals surface area contributed by atoms with Gasteiger partial charge in [0.1, 0.15) is 12.2 Å². The average Bonchev–Trinajstić information content (AvgIpc) is 2.94. The van der Waals surface area contributed by atoms with Crippen molar-refractivity contribution in [1.82, 2.24) is 0 Å². The van der Waals surface area contributed by atoms with E-state index in [9.17, 15) is 9.59 Å². The summed E-state index contributed by atoms with van der Waals surface area (Å²) in [4.78, 5) is 21.6. The quantitative estimate of drug-likeness (QED) is 0.681. The van der Waals surface area contributed by atoms with Gasteiger partial charge in [0.25, 0.3) is 0 Å². The normalized spacial score (nSPS) is 10.3. The summed E-state index contributed by atoms with van der Waals surface area (Å²) in [7, 11) is 0. The maximum absolute atomic E-state index is 11.1. The van der Waals surface area contributed by atoms with Crippen molar-refractivity contribution in [2.45, 2.75) is 6.61 Å². The van der Waals surface area contributed by atoms with Crippen LogP contribution in [-0.2, 0) is 11.3 Å². The number of benzene rings is 1. The van der Waals surface area contributed by atoms with Crippen molar-refractivity contribution in [2.75, 3.05) is 0 Å². The van der Waals surface area contributed by atoms with E-state index in [1.54, 1.807) is 0 Å². The van der Waals surface area contributed by atoms with Crippen LogP contribution in [0.25, 0.3) is 0 Å². The van der Waals surface area contributed by atoms with E-state index in [2.05, 4.69) is 0 Å². The van der Waals surface area contributed by atoms with Crippen LogP contribution >= 0.6 is 0 Å². The first-order valence-electron chi connectivity index (χ1n) is 4.24. The third-order valence-corrected chi connectivity index (χ3v) is 1.89. The van der Waals surface area contributed by atoms with Gasteiger partial charge < -0.3 is 4.74 Å². The summed E-state index contributed by atoms with van der Waals surface area (Å²) in [6, 6.07) is 10.6. The second-order valence-electron chi connectivity index (χ2n) is 2.98. The van der Waals surface area contributed by atoms with E-state index in [0.29, 0.717) is 0 Å². The van der Waals surface area contributed by atoms with Crippen LogP contribution < -0.4 is 5.43 Å². The second kappa shape index (κ2) is 3.46. The highest BCUT2D eigenvalue weighted by atomic mass is 16.5. The summed E-state index contributed by atoms with van der Waals surface area (Å²) >= 11 is 0. The standard InChI is InChI=1S/C11H8O3/c12-10-6-9(10)11(13)14-7-8-4-2-1-3-5-8/h1-6H,7H2. The van der Waals surface area contributed by atoms with Gasteiger partial charge in [-0.1, -0.05) is 30.3 Å². The Labute approximate surface area is 80.6 Å². The van der Waals surface area contributed by atoms with E-state index in [1.165, 1.54) is 6.07 Å².